The lowest BCUT2D eigenvalue weighted by atomic mass is 9.65. The van der Waals surface area contributed by atoms with Crippen LogP contribution in [-0.4, -0.2) is 12.6 Å². The third kappa shape index (κ3) is 0.782. The molecular formula is C12H10O2. The van der Waals surface area contributed by atoms with Crippen molar-refractivity contribution in [2.75, 3.05) is 6.61 Å². The summed E-state index contributed by atoms with van der Waals surface area (Å²) in [6.45, 7) is 0.497. The standard InChI is InChI=1S/C12H10O2/c13-11-10-6-7-12(10,8-14-11)9-4-2-1-3-5-9/h1-7,10H,8H2. The Morgan fingerprint density at radius 2 is 2.07 bits per heavy atom. The maximum Gasteiger partial charge on any atom is 0.314 e. The molecule has 0 bridgehead atoms. The second kappa shape index (κ2) is 2.47. The molecule has 0 N–H and O–H groups in total. The van der Waals surface area contributed by atoms with Crippen molar-refractivity contribution >= 4 is 5.97 Å². The summed E-state index contributed by atoms with van der Waals surface area (Å²) in [7, 11) is 0. The van der Waals surface area contributed by atoms with Crippen LogP contribution in [0.3, 0.4) is 0 Å². The van der Waals surface area contributed by atoms with Gasteiger partial charge in [-0.3, -0.25) is 4.79 Å². The molecule has 1 aromatic carbocycles. The van der Waals surface area contributed by atoms with Crippen LogP contribution in [0, 0.1) is 5.92 Å². The second-order valence-corrected chi connectivity index (χ2v) is 3.85. The molecule has 1 heterocycles. The summed E-state index contributed by atoms with van der Waals surface area (Å²) < 4.78 is 5.10. The van der Waals surface area contributed by atoms with Gasteiger partial charge in [0.05, 0.1) is 11.3 Å². The third-order valence-electron chi connectivity index (χ3n) is 3.16. The summed E-state index contributed by atoms with van der Waals surface area (Å²) in [5.74, 6) is -0.138. The van der Waals surface area contributed by atoms with Crippen molar-refractivity contribution in [2.24, 2.45) is 5.92 Å². The molecule has 3 rings (SSSR count). The lowest BCUT2D eigenvalue weighted by molar-refractivity contribution is -0.140. The van der Waals surface area contributed by atoms with Gasteiger partial charge in [0.2, 0.25) is 0 Å². The number of carbonyl (C=O) groups excluding carboxylic acids is 1. The van der Waals surface area contributed by atoms with E-state index in [4.69, 9.17) is 4.74 Å². The third-order valence-corrected chi connectivity index (χ3v) is 3.16. The molecule has 0 aromatic heterocycles. The summed E-state index contributed by atoms with van der Waals surface area (Å²) >= 11 is 0. The van der Waals surface area contributed by atoms with Crippen molar-refractivity contribution in [1.82, 2.24) is 0 Å². The van der Waals surface area contributed by atoms with E-state index in [0.29, 0.717) is 6.61 Å². The van der Waals surface area contributed by atoms with Crippen LogP contribution >= 0.6 is 0 Å². The van der Waals surface area contributed by atoms with Crippen LogP contribution in [0.5, 0.6) is 0 Å². The molecule has 0 amide bonds. The van der Waals surface area contributed by atoms with E-state index < -0.39 is 0 Å². The molecule has 1 saturated heterocycles. The second-order valence-electron chi connectivity index (χ2n) is 3.85. The number of cyclic esters (lactones) is 1. The first-order chi connectivity index (χ1) is 6.83. The van der Waals surface area contributed by atoms with Gasteiger partial charge < -0.3 is 4.74 Å². The van der Waals surface area contributed by atoms with Gasteiger partial charge in [0.15, 0.2) is 0 Å². The lowest BCUT2D eigenvalue weighted by Crippen LogP contribution is -2.38. The molecule has 1 aliphatic carbocycles. The molecule has 2 atom stereocenters. The van der Waals surface area contributed by atoms with Crippen LogP contribution in [0.25, 0.3) is 0 Å². The molecule has 2 aliphatic rings. The molecule has 1 aliphatic heterocycles. The Hall–Kier alpha value is -1.57. The monoisotopic (exact) mass is 186 g/mol. The minimum Gasteiger partial charge on any atom is -0.464 e. The fraction of sp³-hybridized carbons (Fsp3) is 0.250. The van der Waals surface area contributed by atoms with Gasteiger partial charge in [-0.1, -0.05) is 42.5 Å². The lowest BCUT2D eigenvalue weighted by Gasteiger charge is -2.34. The number of carbonyl (C=O) groups is 1. The average Bonchev–Trinajstić information content (AvgIpc) is 2.39. The minimum atomic E-state index is -0.154. The number of esters is 1. The summed E-state index contributed by atoms with van der Waals surface area (Å²) in [6, 6.07) is 10.1. The van der Waals surface area contributed by atoms with Crippen molar-refractivity contribution in [1.29, 1.82) is 0 Å². The fourth-order valence-corrected chi connectivity index (χ4v) is 2.24. The van der Waals surface area contributed by atoms with Crippen molar-refractivity contribution in [3.8, 4) is 0 Å². The highest BCUT2D eigenvalue weighted by Crippen LogP contribution is 2.47. The van der Waals surface area contributed by atoms with Gasteiger partial charge in [0, 0.05) is 0 Å². The molecule has 1 fully saturated rings. The van der Waals surface area contributed by atoms with Crippen molar-refractivity contribution in [3.05, 3.63) is 48.0 Å². The highest BCUT2D eigenvalue weighted by molar-refractivity contribution is 5.83. The zero-order valence-electron chi connectivity index (χ0n) is 7.64. The van der Waals surface area contributed by atoms with Crippen LogP contribution in [0.2, 0.25) is 0 Å². The van der Waals surface area contributed by atoms with Gasteiger partial charge in [0.25, 0.3) is 0 Å². The van der Waals surface area contributed by atoms with E-state index in [-0.39, 0.29) is 17.3 Å². The summed E-state index contributed by atoms with van der Waals surface area (Å²) in [5.41, 5.74) is 1.02. The van der Waals surface area contributed by atoms with Gasteiger partial charge in [0.1, 0.15) is 6.61 Å². The molecule has 0 radical (unpaired) electrons. The van der Waals surface area contributed by atoms with Crippen LogP contribution in [-0.2, 0) is 14.9 Å². The average molecular weight is 186 g/mol. The first kappa shape index (κ1) is 7.80. The normalized spacial score (nSPS) is 33.4. The molecule has 70 valence electrons. The number of ether oxygens (including phenoxy) is 1. The number of benzene rings is 1. The zero-order chi connectivity index (χ0) is 9.60. The van der Waals surface area contributed by atoms with Crippen LogP contribution in [0.4, 0.5) is 0 Å². The van der Waals surface area contributed by atoms with E-state index in [2.05, 4.69) is 18.2 Å². The Morgan fingerprint density at radius 1 is 1.29 bits per heavy atom. The topological polar surface area (TPSA) is 26.3 Å². The largest absolute Gasteiger partial charge is 0.464 e. The van der Waals surface area contributed by atoms with E-state index in [0.717, 1.165) is 0 Å². The van der Waals surface area contributed by atoms with Crippen LogP contribution in [0.15, 0.2) is 42.5 Å². The van der Waals surface area contributed by atoms with Crippen LogP contribution < -0.4 is 0 Å². The Bertz CT molecular complexity index is 408. The molecule has 0 saturated carbocycles. The van der Waals surface area contributed by atoms with E-state index in [1.165, 1.54) is 5.56 Å². The van der Waals surface area contributed by atoms with Gasteiger partial charge >= 0.3 is 5.97 Å². The Kier molecular flexibility index (Phi) is 1.38. The van der Waals surface area contributed by atoms with E-state index >= 15 is 0 Å². The molecule has 2 heteroatoms. The minimum absolute atomic E-state index is 0.0510. The molecule has 2 unspecified atom stereocenters. The number of rotatable bonds is 1. The van der Waals surface area contributed by atoms with Crippen LogP contribution in [0.1, 0.15) is 5.56 Å². The maximum absolute atomic E-state index is 11.3. The van der Waals surface area contributed by atoms with E-state index in [9.17, 15) is 4.79 Å². The quantitative estimate of drug-likeness (QED) is 0.492. The summed E-state index contributed by atoms with van der Waals surface area (Å²) in [6.07, 6.45) is 4.01. The highest BCUT2D eigenvalue weighted by atomic mass is 16.5. The first-order valence-electron chi connectivity index (χ1n) is 4.74. The van der Waals surface area contributed by atoms with Crippen molar-refractivity contribution < 1.29 is 9.53 Å². The van der Waals surface area contributed by atoms with E-state index in [1.807, 2.05) is 24.3 Å². The Morgan fingerprint density at radius 3 is 2.64 bits per heavy atom. The van der Waals surface area contributed by atoms with Crippen molar-refractivity contribution in [2.45, 2.75) is 5.41 Å². The SMILES string of the molecule is O=C1OCC2(c3ccccc3)C=CC12. The van der Waals surface area contributed by atoms with E-state index in [1.54, 1.807) is 0 Å². The molecule has 0 spiro atoms. The smallest absolute Gasteiger partial charge is 0.314 e. The molecule has 1 aromatic rings. The molecular weight excluding hydrogens is 176 g/mol. The predicted octanol–water partition coefficient (Wildman–Crippen LogP) is 1.67. The van der Waals surface area contributed by atoms with Gasteiger partial charge in [-0.25, -0.2) is 0 Å². The number of hydrogen-bond donors (Lipinski definition) is 0. The maximum atomic E-state index is 11.3. The zero-order valence-corrected chi connectivity index (χ0v) is 7.64. The summed E-state index contributed by atoms with van der Waals surface area (Å²) in [5, 5.41) is 0. The first-order valence-corrected chi connectivity index (χ1v) is 4.74. The molecule has 14 heavy (non-hydrogen) atoms. The molecule has 2 nitrogen and oxygen atoms in total. The van der Waals surface area contributed by atoms with Gasteiger partial charge in [-0.05, 0) is 5.56 Å². The highest BCUT2D eigenvalue weighted by Gasteiger charge is 2.53. The summed E-state index contributed by atoms with van der Waals surface area (Å²) in [4.78, 5) is 11.3. The predicted molar refractivity (Wildman–Crippen MR) is 51.7 cm³/mol. The Labute approximate surface area is 82.2 Å². The number of fused-ring (bicyclic) bond motifs is 1. The van der Waals surface area contributed by atoms with Gasteiger partial charge in [-0.15, -0.1) is 0 Å². The Balaban J connectivity index is 2.08. The number of hydrogen-bond acceptors (Lipinski definition) is 2. The fourth-order valence-electron chi connectivity index (χ4n) is 2.24. The van der Waals surface area contributed by atoms with Crippen molar-refractivity contribution in [3.63, 3.8) is 0 Å². The van der Waals surface area contributed by atoms with Gasteiger partial charge in [-0.2, -0.15) is 0 Å².